The normalized spacial score (nSPS) is 23.6. The van der Waals surface area contributed by atoms with E-state index in [1.807, 2.05) is 36.4 Å². The number of hydrogen-bond donors (Lipinski definition) is 2. The number of carbonyl (C=O) groups excluding carboxylic acids is 2. The molecule has 2 heterocycles. The molecule has 1 aromatic heterocycles. The molecule has 4 rings (SSSR count). The molecule has 36 heavy (non-hydrogen) atoms. The standard InChI is InChI=1S/C27H38FN5O2S/c1-18-17-36-27(29-18)31-26(35)30-24-12-11-22(32(3)19(2)34)16-23(24)25(33-13-5-4-6-14-33)15-20-7-9-21(28)10-8-20/h7-10,17,22-25H,4-6,11-16H2,1-3H3,(H2,29,30,31,35). The van der Waals surface area contributed by atoms with Gasteiger partial charge in [0.05, 0.1) is 5.69 Å². The van der Waals surface area contributed by atoms with Crippen LogP contribution in [0, 0.1) is 18.7 Å². The van der Waals surface area contributed by atoms with Crippen LogP contribution < -0.4 is 10.6 Å². The third-order valence-corrected chi connectivity index (χ3v) is 8.66. The molecule has 2 N–H and O–H groups in total. The zero-order valence-electron chi connectivity index (χ0n) is 21.5. The summed E-state index contributed by atoms with van der Waals surface area (Å²) in [5.74, 6) is -0.0182. The number of thiazole rings is 1. The van der Waals surface area contributed by atoms with Crippen molar-refractivity contribution in [3.8, 4) is 0 Å². The monoisotopic (exact) mass is 515 g/mol. The second kappa shape index (κ2) is 12.1. The lowest BCUT2D eigenvalue weighted by Crippen LogP contribution is -2.57. The summed E-state index contributed by atoms with van der Waals surface area (Å²) in [7, 11) is 1.88. The van der Waals surface area contributed by atoms with Crippen LogP contribution in [0.15, 0.2) is 29.6 Å². The molecule has 1 saturated heterocycles. The lowest BCUT2D eigenvalue weighted by atomic mass is 9.74. The fraction of sp³-hybridized carbons (Fsp3) is 0.593. The van der Waals surface area contributed by atoms with E-state index < -0.39 is 0 Å². The van der Waals surface area contributed by atoms with Crippen LogP contribution in [0.1, 0.15) is 56.7 Å². The highest BCUT2D eigenvalue weighted by Crippen LogP contribution is 2.35. The molecule has 7 nitrogen and oxygen atoms in total. The summed E-state index contributed by atoms with van der Waals surface area (Å²) >= 11 is 1.41. The van der Waals surface area contributed by atoms with Crippen molar-refractivity contribution < 1.29 is 14.0 Å². The molecule has 0 spiro atoms. The summed E-state index contributed by atoms with van der Waals surface area (Å²) in [6.45, 7) is 5.56. The number of aromatic nitrogens is 1. The molecule has 1 saturated carbocycles. The number of nitrogens with one attached hydrogen (secondary N) is 2. The third kappa shape index (κ3) is 6.82. The molecule has 2 fully saturated rings. The van der Waals surface area contributed by atoms with Crippen molar-refractivity contribution in [3.05, 3.63) is 46.7 Å². The summed E-state index contributed by atoms with van der Waals surface area (Å²) in [4.78, 5) is 33.9. The van der Waals surface area contributed by atoms with Crippen LogP contribution in [0.25, 0.3) is 0 Å². The number of nitrogens with zero attached hydrogens (tertiary/aromatic N) is 3. The molecule has 3 amide bonds. The molecule has 2 aromatic rings. The minimum atomic E-state index is -0.239. The van der Waals surface area contributed by atoms with Crippen molar-refractivity contribution in [3.63, 3.8) is 0 Å². The van der Waals surface area contributed by atoms with Crippen molar-refractivity contribution in [1.82, 2.24) is 20.1 Å². The van der Waals surface area contributed by atoms with Gasteiger partial charge in [-0.15, -0.1) is 11.3 Å². The topological polar surface area (TPSA) is 77.6 Å². The summed E-state index contributed by atoms with van der Waals surface area (Å²) < 4.78 is 13.6. The fourth-order valence-corrected chi connectivity index (χ4v) is 6.46. The Morgan fingerprint density at radius 3 is 2.56 bits per heavy atom. The maximum Gasteiger partial charge on any atom is 0.321 e. The summed E-state index contributed by atoms with van der Waals surface area (Å²) in [5, 5.41) is 8.65. The molecule has 0 bridgehead atoms. The Kier molecular flexibility index (Phi) is 8.95. The lowest BCUT2D eigenvalue weighted by molar-refractivity contribution is -0.130. The Hall–Kier alpha value is -2.52. The number of anilines is 1. The van der Waals surface area contributed by atoms with Gasteiger partial charge in [0.15, 0.2) is 5.13 Å². The Labute approximate surface area is 217 Å². The number of rotatable bonds is 7. The first-order valence-corrected chi connectivity index (χ1v) is 13.9. The van der Waals surface area contributed by atoms with Crippen LogP contribution >= 0.6 is 11.3 Å². The highest BCUT2D eigenvalue weighted by atomic mass is 32.1. The van der Waals surface area contributed by atoms with Crippen LogP contribution in [0.5, 0.6) is 0 Å². The summed E-state index contributed by atoms with van der Waals surface area (Å²) in [6.07, 6.45) is 6.79. The van der Waals surface area contributed by atoms with Gasteiger partial charge in [-0.05, 0) is 82.2 Å². The SMILES string of the molecule is CC(=O)N(C)C1CCC(NC(=O)Nc2nc(C)cs2)C(C(Cc2ccc(F)cc2)N2CCCCC2)C1. The molecule has 2 aliphatic rings. The van der Waals surface area contributed by atoms with Gasteiger partial charge in [-0.1, -0.05) is 18.6 Å². The minimum Gasteiger partial charge on any atom is -0.343 e. The van der Waals surface area contributed by atoms with Gasteiger partial charge in [-0.2, -0.15) is 0 Å². The van der Waals surface area contributed by atoms with Crippen LogP contribution in [0.2, 0.25) is 0 Å². The van der Waals surface area contributed by atoms with E-state index in [2.05, 4.69) is 20.5 Å². The van der Waals surface area contributed by atoms with Crippen molar-refractivity contribution >= 4 is 28.4 Å². The first kappa shape index (κ1) is 26.5. The van der Waals surface area contributed by atoms with Gasteiger partial charge in [0, 0.05) is 37.5 Å². The summed E-state index contributed by atoms with van der Waals surface area (Å²) in [5.41, 5.74) is 1.97. The average molecular weight is 516 g/mol. The molecule has 4 atom stereocenters. The molecule has 1 aliphatic heterocycles. The van der Waals surface area contributed by atoms with Crippen LogP contribution in [-0.4, -0.2) is 65.0 Å². The molecule has 1 aliphatic carbocycles. The Morgan fingerprint density at radius 1 is 1.19 bits per heavy atom. The maximum atomic E-state index is 13.6. The Balaban J connectivity index is 1.58. The zero-order chi connectivity index (χ0) is 25.7. The number of benzene rings is 1. The van der Waals surface area contributed by atoms with E-state index in [0.29, 0.717) is 5.13 Å². The lowest BCUT2D eigenvalue weighted by Gasteiger charge is -2.47. The van der Waals surface area contributed by atoms with E-state index in [0.717, 1.165) is 62.9 Å². The smallest absolute Gasteiger partial charge is 0.321 e. The Morgan fingerprint density at radius 2 is 1.92 bits per heavy atom. The van der Waals surface area contributed by atoms with Gasteiger partial charge in [0.2, 0.25) is 5.91 Å². The van der Waals surface area contributed by atoms with Crippen LogP contribution in [0.4, 0.5) is 14.3 Å². The van der Waals surface area contributed by atoms with Crippen molar-refractivity contribution in [2.24, 2.45) is 5.92 Å². The molecule has 1 aromatic carbocycles. The predicted octanol–water partition coefficient (Wildman–Crippen LogP) is 4.82. The van der Waals surface area contributed by atoms with Gasteiger partial charge in [0.25, 0.3) is 0 Å². The number of carbonyl (C=O) groups is 2. The second-order valence-corrected chi connectivity index (χ2v) is 11.1. The number of piperidine rings is 1. The van der Waals surface area contributed by atoms with Gasteiger partial charge < -0.3 is 10.2 Å². The van der Waals surface area contributed by atoms with E-state index in [4.69, 9.17) is 0 Å². The van der Waals surface area contributed by atoms with Gasteiger partial charge in [-0.25, -0.2) is 14.2 Å². The predicted molar refractivity (Wildman–Crippen MR) is 142 cm³/mol. The largest absolute Gasteiger partial charge is 0.343 e. The van der Waals surface area contributed by atoms with Crippen molar-refractivity contribution in [2.45, 2.75) is 76.9 Å². The van der Waals surface area contributed by atoms with E-state index in [1.54, 1.807) is 6.92 Å². The van der Waals surface area contributed by atoms with E-state index in [-0.39, 0.29) is 41.8 Å². The molecular weight excluding hydrogens is 477 g/mol. The highest BCUT2D eigenvalue weighted by molar-refractivity contribution is 7.13. The number of likely N-dealkylation sites (tertiary alicyclic amines) is 1. The minimum absolute atomic E-state index is 0.0324. The molecule has 0 radical (unpaired) electrons. The average Bonchev–Trinajstić information content (AvgIpc) is 3.28. The second-order valence-electron chi connectivity index (χ2n) is 10.3. The van der Waals surface area contributed by atoms with E-state index in [1.165, 1.54) is 29.9 Å². The van der Waals surface area contributed by atoms with Crippen molar-refractivity contribution in [2.75, 3.05) is 25.5 Å². The third-order valence-electron chi connectivity index (χ3n) is 7.78. The summed E-state index contributed by atoms with van der Waals surface area (Å²) in [6, 6.07) is 6.83. The zero-order valence-corrected chi connectivity index (χ0v) is 22.3. The fourth-order valence-electron chi connectivity index (χ4n) is 5.77. The first-order chi connectivity index (χ1) is 17.3. The molecule has 196 valence electrons. The van der Waals surface area contributed by atoms with E-state index >= 15 is 0 Å². The van der Waals surface area contributed by atoms with Crippen LogP contribution in [-0.2, 0) is 11.2 Å². The molecule has 4 unspecified atom stereocenters. The van der Waals surface area contributed by atoms with Gasteiger partial charge >= 0.3 is 6.03 Å². The highest BCUT2D eigenvalue weighted by Gasteiger charge is 2.40. The van der Waals surface area contributed by atoms with Crippen molar-refractivity contribution in [1.29, 1.82) is 0 Å². The van der Waals surface area contributed by atoms with Crippen LogP contribution in [0.3, 0.4) is 0 Å². The number of aryl methyl sites for hydroxylation is 1. The Bertz CT molecular complexity index is 1020. The maximum absolute atomic E-state index is 13.6. The van der Waals surface area contributed by atoms with Gasteiger partial charge in [0.1, 0.15) is 5.82 Å². The molecular formula is C27H38FN5O2S. The number of hydrogen-bond acceptors (Lipinski definition) is 5. The van der Waals surface area contributed by atoms with E-state index in [9.17, 15) is 14.0 Å². The number of urea groups is 1. The number of halogens is 1. The quantitative estimate of drug-likeness (QED) is 0.554. The molecule has 9 heteroatoms. The van der Waals surface area contributed by atoms with Gasteiger partial charge in [-0.3, -0.25) is 15.0 Å². The first-order valence-electron chi connectivity index (χ1n) is 13.0. The number of amides is 3.